The summed E-state index contributed by atoms with van der Waals surface area (Å²) in [6, 6.07) is 19.4. The van der Waals surface area contributed by atoms with E-state index in [0.29, 0.717) is 0 Å². The molecule has 0 unspecified atom stereocenters. The minimum atomic E-state index is -4.35. The molecule has 1 fully saturated rings. The molecule has 188 valence electrons. The Bertz CT molecular complexity index is 1130. The molecule has 2 atom stereocenters. The molecular weight excluding hydrogens is 466 g/mol. The molecule has 0 saturated heterocycles. The van der Waals surface area contributed by atoms with Crippen LogP contribution in [0, 0.1) is 17.2 Å². The highest BCUT2D eigenvalue weighted by Gasteiger charge is 2.90. The van der Waals surface area contributed by atoms with Crippen LogP contribution in [0.1, 0.15) is 33.3 Å². The second-order valence-corrected chi connectivity index (χ2v) is 10.0. The van der Waals surface area contributed by atoms with Crippen molar-refractivity contribution in [1.29, 1.82) is 5.26 Å². The third-order valence-corrected chi connectivity index (χ3v) is 8.49. The van der Waals surface area contributed by atoms with Crippen LogP contribution in [0.5, 0.6) is 0 Å². The van der Waals surface area contributed by atoms with Crippen molar-refractivity contribution in [2.75, 3.05) is 26.4 Å². The highest BCUT2D eigenvalue weighted by Crippen LogP contribution is 2.65. The van der Waals surface area contributed by atoms with Gasteiger partial charge in [0, 0.05) is 26.4 Å². The standard InChI is InChI=1S/C27H33NO6S/c1-5-31-26(32-6-2)24(20-19-22-15-11-9-12-16-22)25(21-28,27(26,33-7-3)34-8-4)35(29,30)23-17-13-10-14-18-23/h9-20,24H,5-8H2,1-4H3/b20-19+/t24-,25+/m0/s1. The fourth-order valence-corrected chi connectivity index (χ4v) is 7.12. The molecule has 0 amide bonds. The van der Waals surface area contributed by atoms with Crippen molar-refractivity contribution in [3.8, 4) is 6.07 Å². The summed E-state index contributed by atoms with van der Waals surface area (Å²) in [5.74, 6) is -4.78. The molecule has 0 N–H and O–H groups in total. The van der Waals surface area contributed by atoms with Crippen molar-refractivity contribution in [2.45, 2.75) is 48.9 Å². The number of hydrogen-bond donors (Lipinski definition) is 0. The van der Waals surface area contributed by atoms with Crippen LogP contribution in [0.15, 0.2) is 71.6 Å². The summed E-state index contributed by atoms with van der Waals surface area (Å²) in [7, 11) is -4.35. The first-order chi connectivity index (χ1) is 16.9. The number of nitrogens with zero attached hydrogens (tertiary/aromatic N) is 1. The van der Waals surface area contributed by atoms with E-state index >= 15 is 0 Å². The van der Waals surface area contributed by atoms with Gasteiger partial charge >= 0.3 is 0 Å². The smallest absolute Gasteiger partial charge is 0.259 e. The van der Waals surface area contributed by atoms with Crippen LogP contribution in [0.2, 0.25) is 0 Å². The highest BCUT2D eigenvalue weighted by atomic mass is 32.2. The molecular formula is C27H33NO6S. The van der Waals surface area contributed by atoms with E-state index in [4.69, 9.17) is 18.9 Å². The van der Waals surface area contributed by atoms with Crippen molar-refractivity contribution in [1.82, 2.24) is 0 Å². The van der Waals surface area contributed by atoms with Crippen LogP contribution in [0.3, 0.4) is 0 Å². The molecule has 0 bridgehead atoms. The maximum atomic E-state index is 14.3. The van der Waals surface area contributed by atoms with E-state index in [2.05, 4.69) is 6.07 Å². The third-order valence-electron chi connectivity index (χ3n) is 6.13. The molecule has 0 aromatic heterocycles. The van der Waals surface area contributed by atoms with Crippen molar-refractivity contribution >= 4 is 15.9 Å². The van der Waals surface area contributed by atoms with E-state index in [1.807, 2.05) is 30.3 Å². The maximum Gasteiger partial charge on any atom is 0.259 e. The van der Waals surface area contributed by atoms with Gasteiger partial charge in [0.15, 0.2) is 0 Å². The Kier molecular flexibility index (Phi) is 8.52. The molecule has 1 aliphatic carbocycles. The zero-order valence-electron chi connectivity index (χ0n) is 20.6. The van der Waals surface area contributed by atoms with Crippen LogP contribution in [-0.4, -0.2) is 51.2 Å². The topological polar surface area (TPSA) is 94.9 Å². The van der Waals surface area contributed by atoms with E-state index in [-0.39, 0.29) is 31.3 Å². The number of ether oxygens (including phenoxy) is 4. The molecule has 8 heteroatoms. The summed E-state index contributed by atoms with van der Waals surface area (Å²) < 4.78 is 51.0. The molecule has 3 rings (SSSR count). The van der Waals surface area contributed by atoms with E-state index in [0.717, 1.165) is 5.56 Å². The number of sulfone groups is 1. The summed E-state index contributed by atoms with van der Waals surface area (Å²) in [4.78, 5) is -0.00922. The first kappa shape index (κ1) is 27.1. The fourth-order valence-electron chi connectivity index (χ4n) is 4.93. The molecule has 1 aliphatic rings. The zero-order valence-corrected chi connectivity index (χ0v) is 21.5. The van der Waals surface area contributed by atoms with Crippen LogP contribution in [0.25, 0.3) is 6.08 Å². The van der Waals surface area contributed by atoms with Gasteiger partial charge in [-0.25, -0.2) is 8.42 Å². The number of nitriles is 1. The van der Waals surface area contributed by atoms with E-state index < -0.39 is 32.1 Å². The Morgan fingerprint density at radius 3 is 1.77 bits per heavy atom. The fraction of sp³-hybridized carbons (Fsp3) is 0.444. The Labute approximate surface area is 208 Å². The van der Waals surface area contributed by atoms with Gasteiger partial charge in [0.2, 0.25) is 20.4 Å². The zero-order chi connectivity index (χ0) is 25.6. The normalized spacial score (nSPS) is 23.0. The molecule has 0 heterocycles. The van der Waals surface area contributed by atoms with Gasteiger partial charge in [-0.1, -0.05) is 60.7 Å². The average Bonchev–Trinajstić information content (AvgIpc) is 2.87. The molecule has 35 heavy (non-hydrogen) atoms. The van der Waals surface area contributed by atoms with Crippen molar-refractivity contribution in [3.63, 3.8) is 0 Å². The first-order valence-electron chi connectivity index (χ1n) is 11.9. The lowest BCUT2D eigenvalue weighted by Crippen LogP contribution is -2.89. The van der Waals surface area contributed by atoms with Crippen molar-refractivity contribution in [2.24, 2.45) is 5.92 Å². The second kappa shape index (κ2) is 11.0. The summed E-state index contributed by atoms with van der Waals surface area (Å²) >= 11 is 0. The Balaban J connectivity index is 2.38. The average molecular weight is 500 g/mol. The van der Waals surface area contributed by atoms with Crippen LogP contribution >= 0.6 is 0 Å². The Morgan fingerprint density at radius 1 is 0.829 bits per heavy atom. The first-order valence-corrected chi connectivity index (χ1v) is 13.4. The van der Waals surface area contributed by atoms with E-state index in [1.54, 1.807) is 58.0 Å². The van der Waals surface area contributed by atoms with Gasteiger partial charge in [0.25, 0.3) is 5.79 Å². The van der Waals surface area contributed by atoms with Crippen LogP contribution in [0.4, 0.5) is 0 Å². The van der Waals surface area contributed by atoms with E-state index in [9.17, 15) is 13.7 Å². The predicted octanol–water partition coefficient (Wildman–Crippen LogP) is 4.60. The molecule has 0 spiro atoms. The summed E-state index contributed by atoms with van der Waals surface area (Å²) in [5.41, 5.74) is 0.837. The highest BCUT2D eigenvalue weighted by molar-refractivity contribution is 7.93. The van der Waals surface area contributed by atoms with E-state index in [1.165, 1.54) is 12.1 Å². The lowest BCUT2D eigenvalue weighted by Gasteiger charge is -2.67. The number of hydrogen-bond acceptors (Lipinski definition) is 7. The van der Waals surface area contributed by atoms with Gasteiger partial charge in [-0.3, -0.25) is 0 Å². The minimum absolute atomic E-state index is 0.00922. The van der Waals surface area contributed by atoms with Crippen LogP contribution < -0.4 is 0 Å². The van der Waals surface area contributed by atoms with Gasteiger partial charge in [-0.15, -0.1) is 0 Å². The number of rotatable bonds is 12. The van der Waals surface area contributed by atoms with Gasteiger partial charge in [0.05, 0.1) is 16.9 Å². The molecule has 0 aliphatic heterocycles. The maximum absolute atomic E-state index is 14.3. The molecule has 2 aromatic carbocycles. The van der Waals surface area contributed by atoms with Crippen molar-refractivity contribution < 1.29 is 27.4 Å². The van der Waals surface area contributed by atoms with Gasteiger partial charge in [0.1, 0.15) is 0 Å². The monoisotopic (exact) mass is 499 g/mol. The Morgan fingerprint density at radius 2 is 1.31 bits per heavy atom. The largest absolute Gasteiger partial charge is 0.345 e. The molecule has 0 radical (unpaired) electrons. The summed E-state index contributed by atoms with van der Waals surface area (Å²) in [5, 5.41) is 10.7. The summed E-state index contributed by atoms with van der Waals surface area (Å²) in [6.07, 6.45) is 3.44. The Hall–Kier alpha value is -2.54. The lowest BCUT2D eigenvalue weighted by atomic mass is 9.60. The third kappa shape index (κ3) is 4.02. The molecule has 7 nitrogen and oxygen atoms in total. The van der Waals surface area contributed by atoms with Gasteiger partial charge in [-0.2, -0.15) is 5.26 Å². The molecule has 1 saturated carbocycles. The lowest BCUT2D eigenvalue weighted by molar-refractivity contribution is -0.480. The SMILES string of the molecule is CCOC1(OCC)[C@@H](/C=C/c2ccccc2)[C@@](C#N)(S(=O)(=O)c2ccccc2)C1(OCC)OCC. The van der Waals surface area contributed by atoms with Gasteiger partial charge in [-0.05, 0) is 45.4 Å². The second-order valence-electron chi connectivity index (χ2n) is 7.93. The van der Waals surface area contributed by atoms with Crippen molar-refractivity contribution in [3.05, 3.63) is 72.3 Å². The molecule has 2 aromatic rings. The number of benzene rings is 2. The van der Waals surface area contributed by atoms with Gasteiger partial charge < -0.3 is 18.9 Å². The summed E-state index contributed by atoms with van der Waals surface area (Å²) in [6.45, 7) is 7.50. The predicted molar refractivity (Wildman–Crippen MR) is 133 cm³/mol. The quantitative estimate of drug-likeness (QED) is 0.394. The minimum Gasteiger partial charge on any atom is -0.345 e. The van der Waals surface area contributed by atoms with Crippen LogP contribution in [-0.2, 0) is 28.8 Å².